The van der Waals surface area contributed by atoms with E-state index in [0.717, 1.165) is 45.8 Å². The Kier molecular flexibility index (Phi) is 8.39. The lowest BCUT2D eigenvalue weighted by Crippen LogP contribution is -2.25. The van der Waals surface area contributed by atoms with Crippen LogP contribution in [0.15, 0.2) is 53.5 Å². The quantitative estimate of drug-likeness (QED) is 0.296. The summed E-state index contributed by atoms with van der Waals surface area (Å²) < 4.78 is 71.8. The fraction of sp³-hybridized carbons (Fsp3) is 0.185. The smallest absolute Gasteiger partial charge is 0.387 e. The lowest BCUT2D eigenvalue weighted by atomic mass is 10.1. The molecule has 212 valence electrons. The fourth-order valence-electron chi connectivity index (χ4n) is 4.16. The van der Waals surface area contributed by atoms with Gasteiger partial charge in [-0.2, -0.15) is 18.7 Å². The molecular weight excluding hydrogens is 550 g/mol. The number of anilines is 1. The molecule has 0 unspecified atom stereocenters. The number of nitrogens with zero attached hydrogens (tertiary/aromatic N) is 4. The van der Waals surface area contributed by atoms with Gasteiger partial charge < -0.3 is 19.5 Å². The highest BCUT2D eigenvalue weighted by atomic mass is 19.3. The summed E-state index contributed by atoms with van der Waals surface area (Å²) >= 11 is 0. The average molecular weight is 571 g/mol. The third-order valence-corrected chi connectivity index (χ3v) is 5.96. The minimum atomic E-state index is -3.08. The Morgan fingerprint density at radius 2 is 1.76 bits per heavy atom. The predicted molar refractivity (Wildman–Crippen MR) is 137 cm³/mol. The number of benzene rings is 2. The van der Waals surface area contributed by atoms with Crippen LogP contribution in [-0.2, 0) is 18.4 Å². The van der Waals surface area contributed by atoms with Gasteiger partial charge in [0.1, 0.15) is 46.1 Å². The molecule has 0 bridgehead atoms. The molecule has 2 aromatic heterocycles. The number of nitrogens with one attached hydrogen (secondary N) is 1. The molecule has 4 aromatic rings. The zero-order valence-electron chi connectivity index (χ0n) is 21.7. The molecule has 10 nitrogen and oxygen atoms in total. The Morgan fingerprint density at radius 3 is 2.32 bits per heavy atom. The average Bonchev–Trinajstić information content (AvgIpc) is 3.16. The highest BCUT2D eigenvalue weighted by Gasteiger charge is 2.29. The standard InChI is InChI=1S/C27H21F4N5O5/c1-35-23(21-19(28)10-17(40-3)11-20(21)29)22(34-25(37)14-4-6-16(7-5-14)41-27(30)31)26(38)36(35)24-18(12-32)15(13-39-2)8-9-33-24/h4-11,27H,13H2,1-3H3,(H,34,37). The van der Waals surface area contributed by atoms with Crippen molar-refractivity contribution in [1.29, 1.82) is 5.26 Å². The maximum atomic E-state index is 15.3. The summed E-state index contributed by atoms with van der Waals surface area (Å²) in [5.41, 5.74) is -2.33. The number of ether oxygens (including phenoxy) is 3. The van der Waals surface area contributed by atoms with Crippen LogP contribution < -0.4 is 20.3 Å². The topological polar surface area (TPSA) is 120 Å². The van der Waals surface area contributed by atoms with Gasteiger partial charge in [-0.15, -0.1) is 0 Å². The Labute approximate surface area is 229 Å². The van der Waals surface area contributed by atoms with Crippen LogP contribution in [0.1, 0.15) is 21.5 Å². The molecule has 0 aliphatic heterocycles. The van der Waals surface area contributed by atoms with Gasteiger partial charge in [-0.25, -0.2) is 13.8 Å². The summed E-state index contributed by atoms with van der Waals surface area (Å²) in [6.07, 6.45) is 1.32. The first-order valence-electron chi connectivity index (χ1n) is 11.7. The van der Waals surface area contributed by atoms with Gasteiger partial charge in [0.15, 0.2) is 5.82 Å². The van der Waals surface area contributed by atoms with E-state index >= 15 is 8.78 Å². The van der Waals surface area contributed by atoms with Crippen molar-refractivity contribution in [2.45, 2.75) is 13.2 Å². The minimum Gasteiger partial charge on any atom is -0.497 e. The third kappa shape index (κ3) is 5.61. The summed E-state index contributed by atoms with van der Waals surface area (Å²) in [5, 5.41) is 12.2. The normalized spacial score (nSPS) is 10.9. The van der Waals surface area contributed by atoms with Crippen molar-refractivity contribution in [3.05, 3.63) is 87.3 Å². The van der Waals surface area contributed by atoms with E-state index < -0.39 is 41.0 Å². The molecule has 0 atom stereocenters. The van der Waals surface area contributed by atoms with Crippen molar-refractivity contribution >= 4 is 11.6 Å². The summed E-state index contributed by atoms with van der Waals surface area (Å²) in [6.45, 7) is -3.08. The summed E-state index contributed by atoms with van der Waals surface area (Å²) in [4.78, 5) is 31.1. The van der Waals surface area contributed by atoms with Gasteiger partial charge in [0.05, 0.1) is 19.3 Å². The van der Waals surface area contributed by atoms with Gasteiger partial charge in [0.2, 0.25) is 0 Å². The highest BCUT2D eigenvalue weighted by molar-refractivity contribution is 6.06. The second kappa shape index (κ2) is 11.9. The third-order valence-electron chi connectivity index (χ3n) is 5.96. The molecule has 4 rings (SSSR count). The molecule has 0 fully saturated rings. The maximum absolute atomic E-state index is 15.3. The molecule has 0 saturated heterocycles. The van der Waals surface area contributed by atoms with Crippen molar-refractivity contribution in [2.75, 3.05) is 19.5 Å². The van der Waals surface area contributed by atoms with Crippen LogP contribution in [0.2, 0.25) is 0 Å². The van der Waals surface area contributed by atoms with Gasteiger partial charge in [0.25, 0.3) is 11.5 Å². The van der Waals surface area contributed by atoms with Crippen LogP contribution in [0.3, 0.4) is 0 Å². The van der Waals surface area contributed by atoms with Gasteiger partial charge >= 0.3 is 6.61 Å². The zero-order valence-corrected chi connectivity index (χ0v) is 21.7. The number of methoxy groups -OCH3 is 2. The monoisotopic (exact) mass is 571 g/mol. The van der Waals surface area contributed by atoms with Gasteiger partial charge in [0, 0.05) is 43.6 Å². The van der Waals surface area contributed by atoms with E-state index in [-0.39, 0.29) is 40.7 Å². The molecule has 0 aliphatic carbocycles. The zero-order chi connectivity index (χ0) is 29.8. The largest absolute Gasteiger partial charge is 0.497 e. The molecule has 1 N–H and O–H groups in total. The van der Waals surface area contributed by atoms with Crippen LogP contribution in [0.4, 0.5) is 23.2 Å². The van der Waals surface area contributed by atoms with Crippen molar-refractivity contribution in [1.82, 2.24) is 14.3 Å². The molecule has 1 amide bonds. The number of hydrogen-bond donors (Lipinski definition) is 1. The molecule has 0 aliphatic rings. The number of alkyl halides is 2. The Hall–Kier alpha value is -5.16. The number of rotatable bonds is 9. The molecule has 41 heavy (non-hydrogen) atoms. The SMILES string of the molecule is COCc1ccnc(-n2c(=O)c(NC(=O)c3ccc(OC(F)F)cc3)c(-c3c(F)cc(OC)cc3F)n2C)c1C#N. The summed E-state index contributed by atoms with van der Waals surface area (Å²) in [5.74, 6) is -3.65. The number of carbonyl (C=O) groups is 1. The van der Waals surface area contributed by atoms with Crippen LogP contribution in [0.25, 0.3) is 17.1 Å². The molecule has 2 aromatic carbocycles. The minimum absolute atomic E-state index is 0.00103. The van der Waals surface area contributed by atoms with E-state index in [4.69, 9.17) is 9.47 Å². The Morgan fingerprint density at radius 1 is 1.10 bits per heavy atom. The molecule has 0 saturated carbocycles. The van der Waals surface area contributed by atoms with E-state index in [1.54, 1.807) is 0 Å². The summed E-state index contributed by atoms with van der Waals surface area (Å²) in [7, 11) is 3.91. The van der Waals surface area contributed by atoms with Crippen molar-refractivity contribution in [2.24, 2.45) is 7.05 Å². The highest BCUT2D eigenvalue weighted by Crippen LogP contribution is 2.34. The van der Waals surface area contributed by atoms with E-state index in [0.29, 0.717) is 5.56 Å². The molecular formula is C27H21F4N5O5. The second-order valence-corrected chi connectivity index (χ2v) is 8.40. The molecule has 0 radical (unpaired) electrons. The second-order valence-electron chi connectivity index (χ2n) is 8.40. The number of amides is 1. The first-order chi connectivity index (χ1) is 19.6. The van der Waals surface area contributed by atoms with Gasteiger partial charge in [-0.3, -0.25) is 14.3 Å². The number of carbonyl (C=O) groups excluding carboxylic acids is 1. The van der Waals surface area contributed by atoms with Crippen LogP contribution in [0.5, 0.6) is 11.5 Å². The number of aromatic nitrogens is 3. The van der Waals surface area contributed by atoms with Gasteiger partial charge in [-0.1, -0.05) is 0 Å². The van der Waals surface area contributed by atoms with Crippen molar-refractivity contribution in [3.8, 4) is 34.6 Å². The summed E-state index contributed by atoms with van der Waals surface area (Å²) in [6, 6.07) is 9.79. The Balaban J connectivity index is 1.94. The van der Waals surface area contributed by atoms with Crippen molar-refractivity contribution < 1.29 is 36.6 Å². The van der Waals surface area contributed by atoms with E-state index in [1.807, 2.05) is 6.07 Å². The van der Waals surface area contributed by atoms with Crippen LogP contribution in [-0.4, -0.2) is 41.1 Å². The number of hydrogen-bond acceptors (Lipinski definition) is 7. The van der Waals surface area contributed by atoms with Gasteiger partial charge in [-0.05, 0) is 30.3 Å². The van der Waals surface area contributed by atoms with E-state index in [9.17, 15) is 23.6 Å². The molecule has 0 spiro atoms. The Bertz CT molecular complexity index is 1690. The first-order valence-corrected chi connectivity index (χ1v) is 11.7. The number of nitriles is 1. The maximum Gasteiger partial charge on any atom is 0.387 e. The van der Waals surface area contributed by atoms with Crippen LogP contribution >= 0.6 is 0 Å². The number of halogens is 4. The van der Waals surface area contributed by atoms with E-state index in [2.05, 4.69) is 15.0 Å². The fourth-order valence-corrected chi connectivity index (χ4v) is 4.16. The molecule has 14 heteroatoms. The molecule has 2 heterocycles. The lowest BCUT2D eigenvalue weighted by molar-refractivity contribution is -0.0498. The number of pyridine rings is 1. The first kappa shape index (κ1) is 28.8. The predicted octanol–water partition coefficient (Wildman–Crippen LogP) is 4.40. The van der Waals surface area contributed by atoms with Crippen LogP contribution in [0, 0.1) is 23.0 Å². The van der Waals surface area contributed by atoms with E-state index in [1.165, 1.54) is 33.5 Å². The lowest BCUT2D eigenvalue weighted by Gasteiger charge is -2.14. The van der Waals surface area contributed by atoms with Crippen molar-refractivity contribution in [3.63, 3.8) is 0 Å².